The lowest BCUT2D eigenvalue weighted by atomic mass is 10.1. The van der Waals surface area contributed by atoms with Crippen molar-refractivity contribution in [3.8, 4) is 5.75 Å². The van der Waals surface area contributed by atoms with Crippen LogP contribution in [0.3, 0.4) is 0 Å². The van der Waals surface area contributed by atoms with Gasteiger partial charge in [-0.25, -0.2) is 0 Å². The topological polar surface area (TPSA) is 58.6 Å². The van der Waals surface area contributed by atoms with Gasteiger partial charge in [-0.3, -0.25) is 9.59 Å². The van der Waals surface area contributed by atoms with Gasteiger partial charge in [0, 0.05) is 18.2 Å². The number of rotatable bonds is 4. The number of hydrogen-bond donors (Lipinski definition) is 1. The predicted octanol–water partition coefficient (Wildman–Crippen LogP) is 3.13. The Hall–Kier alpha value is -2.82. The maximum Gasteiger partial charge on any atom is 0.262 e. The van der Waals surface area contributed by atoms with Crippen molar-refractivity contribution < 1.29 is 14.3 Å². The zero-order valence-electron chi connectivity index (χ0n) is 14.1. The Bertz CT molecular complexity index is 825. The number of nitrogens with zero attached hydrogens (tertiary/aromatic N) is 1. The molecular formula is C20H20N2O3. The van der Waals surface area contributed by atoms with Gasteiger partial charge in [0.2, 0.25) is 0 Å². The molecule has 0 atom stereocenters. The summed E-state index contributed by atoms with van der Waals surface area (Å²) in [4.78, 5) is 26.3. The average molecular weight is 336 g/mol. The van der Waals surface area contributed by atoms with Crippen LogP contribution in [-0.4, -0.2) is 29.4 Å². The van der Waals surface area contributed by atoms with Crippen molar-refractivity contribution in [1.82, 2.24) is 4.90 Å². The molecule has 2 amide bonds. The van der Waals surface area contributed by atoms with Crippen LogP contribution in [-0.2, 0) is 11.3 Å². The summed E-state index contributed by atoms with van der Waals surface area (Å²) in [5, 5.41) is 2.75. The fourth-order valence-electron chi connectivity index (χ4n) is 3.02. The van der Waals surface area contributed by atoms with E-state index in [4.69, 9.17) is 4.74 Å². The number of anilines is 1. The number of fused-ring (bicyclic) bond motifs is 1. The van der Waals surface area contributed by atoms with Crippen molar-refractivity contribution in [3.63, 3.8) is 0 Å². The third kappa shape index (κ3) is 3.36. The van der Waals surface area contributed by atoms with Gasteiger partial charge < -0.3 is 15.0 Å². The van der Waals surface area contributed by atoms with Crippen LogP contribution in [0.5, 0.6) is 5.75 Å². The molecule has 0 spiro atoms. The van der Waals surface area contributed by atoms with E-state index in [0.717, 1.165) is 18.4 Å². The number of ether oxygens (including phenoxy) is 1. The quantitative estimate of drug-likeness (QED) is 0.933. The number of aryl methyl sites for hydroxylation is 1. The molecule has 1 aliphatic carbocycles. The van der Waals surface area contributed by atoms with Crippen LogP contribution in [0.2, 0.25) is 0 Å². The summed E-state index contributed by atoms with van der Waals surface area (Å²) in [6.07, 6.45) is 2.10. The summed E-state index contributed by atoms with van der Waals surface area (Å²) in [6.45, 7) is 2.65. The smallest absolute Gasteiger partial charge is 0.262 e. The first-order valence-electron chi connectivity index (χ1n) is 8.53. The summed E-state index contributed by atoms with van der Waals surface area (Å²) in [5.74, 6) is 0.383. The first-order valence-corrected chi connectivity index (χ1v) is 8.53. The first kappa shape index (κ1) is 15.7. The third-order valence-corrected chi connectivity index (χ3v) is 4.58. The Morgan fingerprint density at radius 2 is 1.96 bits per heavy atom. The maximum atomic E-state index is 13.0. The molecule has 1 saturated carbocycles. The molecule has 0 saturated heterocycles. The summed E-state index contributed by atoms with van der Waals surface area (Å²) in [6, 6.07) is 13.8. The van der Waals surface area contributed by atoms with E-state index in [1.54, 1.807) is 18.2 Å². The monoisotopic (exact) mass is 336 g/mol. The van der Waals surface area contributed by atoms with E-state index in [1.807, 2.05) is 4.90 Å². The highest BCUT2D eigenvalue weighted by Gasteiger charge is 2.33. The van der Waals surface area contributed by atoms with Gasteiger partial charge >= 0.3 is 0 Å². The van der Waals surface area contributed by atoms with Gasteiger partial charge in [-0.05, 0) is 43.5 Å². The number of nitrogens with one attached hydrogen (secondary N) is 1. The highest BCUT2D eigenvalue weighted by atomic mass is 16.5. The molecule has 5 nitrogen and oxygen atoms in total. The summed E-state index contributed by atoms with van der Waals surface area (Å²) in [7, 11) is 0. The number of carbonyl (C=O) groups excluding carboxylic acids is 2. The van der Waals surface area contributed by atoms with Crippen molar-refractivity contribution in [3.05, 3.63) is 59.2 Å². The molecule has 25 heavy (non-hydrogen) atoms. The van der Waals surface area contributed by atoms with Crippen molar-refractivity contribution in [2.75, 3.05) is 11.9 Å². The molecule has 1 aliphatic heterocycles. The summed E-state index contributed by atoms with van der Waals surface area (Å²) < 4.78 is 5.43. The highest BCUT2D eigenvalue weighted by molar-refractivity contribution is 5.99. The minimum absolute atomic E-state index is 0.00590. The highest BCUT2D eigenvalue weighted by Crippen LogP contribution is 2.33. The van der Waals surface area contributed by atoms with E-state index in [-0.39, 0.29) is 18.4 Å². The second-order valence-corrected chi connectivity index (χ2v) is 6.70. The van der Waals surface area contributed by atoms with Gasteiger partial charge in [-0.2, -0.15) is 0 Å². The van der Waals surface area contributed by atoms with Gasteiger partial charge in [0.1, 0.15) is 5.75 Å². The molecule has 1 fully saturated rings. The fraction of sp³-hybridized carbons (Fsp3) is 0.300. The normalized spacial score (nSPS) is 15.8. The van der Waals surface area contributed by atoms with Crippen molar-refractivity contribution in [2.24, 2.45) is 0 Å². The van der Waals surface area contributed by atoms with Crippen LogP contribution >= 0.6 is 0 Å². The summed E-state index contributed by atoms with van der Waals surface area (Å²) >= 11 is 0. The molecule has 128 valence electrons. The first-order chi connectivity index (χ1) is 12.1. The van der Waals surface area contributed by atoms with Crippen molar-refractivity contribution in [1.29, 1.82) is 0 Å². The van der Waals surface area contributed by atoms with E-state index in [0.29, 0.717) is 29.6 Å². The molecule has 5 heteroatoms. The number of benzene rings is 2. The van der Waals surface area contributed by atoms with E-state index >= 15 is 0 Å². The van der Waals surface area contributed by atoms with E-state index in [9.17, 15) is 9.59 Å². The molecule has 0 bridgehead atoms. The van der Waals surface area contributed by atoms with E-state index in [2.05, 4.69) is 36.5 Å². The molecule has 0 aromatic heterocycles. The number of hydrogen-bond acceptors (Lipinski definition) is 3. The Balaban J connectivity index is 1.57. The van der Waals surface area contributed by atoms with E-state index in [1.165, 1.54) is 5.56 Å². The molecule has 0 unspecified atom stereocenters. The second kappa shape index (κ2) is 6.24. The Morgan fingerprint density at radius 3 is 2.68 bits per heavy atom. The van der Waals surface area contributed by atoms with Crippen LogP contribution in [0.15, 0.2) is 42.5 Å². The molecule has 1 heterocycles. The minimum Gasteiger partial charge on any atom is -0.482 e. The lowest BCUT2D eigenvalue weighted by molar-refractivity contribution is -0.118. The SMILES string of the molecule is Cc1ccc(CN(C(=O)c2ccc3c(c2)OCC(=O)N3)C2CC2)cc1. The molecule has 1 N–H and O–H groups in total. The average Bonchev–Trinajstić information content (AvgIpc) is 3.45. The van der Waals surface area contributed by atoms with Gasteiger partial charge in [0.05, 0.1) is 5.69 Å². The zero-order valence-corrected chi connectivity index (χ0v) is 14.1. The van der Waals surface area contributed by atoms with Gasteiger partial charge in [-0.1, -0.05) is 29.8 Å². The maximum absolute atomic E-state index is 13.0. The van der Waals surface area contributed by atoms with Gasteiger partial charge in [0.15, 0.2) is 6.61 Å². The minimum atomic E-state index is -0.175. The van der Waals surface area contributed by atoms with Gasteiger partial charge in [0.25, 0.3) is 11.8 Å². The molecule has 2 aromatic rings. The molecule has 2 aliphatic rings. The Labute approximate surface area is 146 Å². The van der Waals surface area contributed by atoms with Crippen LogP contribution in [0.25, 0.3) is 0 Å². The van der Waals surface area contributed by atoms with Crippen LogP contribution in [0, 0.1) is 6.92 Å². The predicted molar refractivity (Wildman–Crippen MR) is 94.6 cm³/mol. The van der Waals surface area contributed by atoms with Crippen LogP contribution in [0.4, 0.5) is 5.69 Å². The molecule has 2 aromatic carbocycles. The number of carbonyl (C=O) groups is 2. The van der Waals surface area contributed by atoms with Crippen molar-refractivity contribution in [2.45, 2.75) is 32.4 Å². The van der Waals surface area contributed by atoms with E-state index < -0.39 is 0 Å². The molecule has 0 radical (unpaired) electrons. The standard InChI is InChI=1S/C20H20N2O3/c1-13-2-4-14(5-3-13)11-22(16-7-8-16)20(24)15-6-9-17-18(10-15)25-12-19(23)21-17/h2-6,9-10,16H,7-8,11-12H2,1H3,(H,21,23). The number of amides is 2. The lowest BCUT2D eigenvalue weighted by Crippen LogP contribution is -2.33. The molecular weight excluding hydrogens is 316 g/mol. The Morgan fingerprint density at radius 1 is 1.20 bits per heavy atom. The third-order valence-electron chi connectivity index (χ3n) is 4.58. The second-order valence-electron chi connectivity index (χ2n) is 6.70. The van der Waals surface area contributed by atoms with Crippen LogP contribution in [0.1, 0.15) is 34.3 Å². The van der Waals surface area contributed by atoms with Crippen LogP contribution < -0.4 is 10.1 Å². The van der Waals surface area contributed by atoms with Gasteiger partial charge in [-0.15, -0.1) is 0 Å². The fourth-order valence-corrected chi connectivity index (χ4v) is 3.02. The summed E-state index contributed by atoms with van der Waals surface area (Å²) in [5.41, 5.74) is 3.55. The molecule has 4 rings (SSSR count). The largest absolute Gasteiger partial charge is 0.482 e. The zero-order chi connectivity index (χ0) is 17.4. The van der Waals surface area contributed by atoms with Crippen molar-refractivity contribution >= 4 is 17.5 Å². The lowest BCUT2D eigenvalue weighted by Gasteiger charge is -2.24. The Kier molecular flexibility index (Phi) is 3.92.